The molecule has 0 radical (unpaired) electrons. The Morgan fingerprint density at radius 1 is 1.73 bits per heavy atom. The van der Waals surface area contributed by atoms with Crippen LogP contribution >= 0.6 is 15.9 Å². The topological polar surface area (TPSA) is 42.0 Å². The van der Waals surface area contributed by atoms with Gasteiger partial charge in [-0.05, 0) is 41.4 Å². The molecule has 0 aliphatic heterocycles. The number of rotatable bonds is 2. The first-order chi connectivity index (χ1) is 7.02. The lowest BCUT2D eigenvalue weighted by molar-refractivity contribution is -0.121. The molecule has 2 rings (SSSR count). The third-order valence-electron chi connectivity index (χ3n) is 2.62. The number of anilines is 1. The van der Waals surface area contributed by atoms with E-state index in [4.69, 9.17) is 0 Å². The highest BCUT2D eigenvalue weighted by Gasteiger charge is 2.57. The van der Waals surface area contributed by atoms with Gasteiger partial charge in [-0.3, -0.25) is 4.79 Å². The fraction of sp³-hybridized carbons (Fsp3) is 0.400. The molecule has 1 N–H and O–H groups in total. The molecule has 1 heterocycles. The Balaban J connectivity index is 2.04. The van der Waals surface area contributed by atoms with Crippen LogP contribution in [0.25, 0.3) is 0 Å². The van der Waals surface area contributed by atoms with Crippen LogP contribution in [0.3, 0.4) is 0 Å². The summed E-state index contributed by atoms with van der Waals surface area (Å²) in [5.41, 5.74) is -0.852. The number of aromatic nitrogens is 1. The molecule has 2 unspecified atom stereocenters. The molecular formula is C10H10BrFN2O. The Kier molecular flexibility index (Phi) is 2.50. The van der Waals surface area contributed by atoms with Crippen molar-refractivity contribution in [1.29, 1.82) is 0 Å². The highest BCUT2D eigenvalue weighted by atomic mass is 79.9. The number of hydrogen-bond acceptors (Lipinski definition) is 2. The zero-order valence-corrected chi connectivity index (χ0v) is 9.71. The minimum Gasteiger partial charge on any atom is -0.310 e. The van der Waals surface area contributed by atoms with Crippen molar-refractivity contribution in [3.8, 4) is 0 Å². The quantitative estimate of drug-likeness (QED) is 0.899. The second-order valence-corrected chi connectivity index (χ2v) is 4.82. The van der Waals surface area contributed by atoms with Crippen LogP contribution < -0.4 is 5.32 Å². The molecule has 1 aromatic rings. The van der Waals surface area contributed by atoms with Crippen molar-refractivity contribution >= 4 is 27.7 Å². The largest absolute Gasteiger partial charge is 0.310 e. The third kappa shape index (κ3) is 2.02. The maximum atomic E-state index is 12.9. The zero-order valence-electron chi connectivity index (χ0n) is 8.13. The molecule has 1 aliphatic carbocycles. The summed E-state index contributed by atoms with van der Waals surface area (Å²) in [6.45, 7) is 1.62. The molecule has 0 bridgehead atoms. The van der Waals surface area contributed by atoms with Crippen LogP contribution in [0, 0.1) is 5.41 Å². The van der Waals surface area contributed by atoms with Crippen molar-refractivity contribution in [1.82, 2.24) is 4.98 Å². The van der Waals surface area contributed by atoms with Crippen LogP contribution in [0.2, 0.25) is 0 Å². The molecule has 2 atom stereocenters. The Hall–Kier alpha value is -0.970. The van der Waals surface area contributed by atoms with E-state index < -0.39 is 11.6 Å². The van der Waals surface area contributed by atoms with Gasteiger partial charge >= 0.3 is 0 Å². The van der Waals surface area contributed by atoms with Crippen LogP contribution in [0.1, 0.15) is 13.3 Å². The fourth-order valence-corrected chi connectivity index (χ4v) is 1.49. The Morgan fingerprint density at radius 3 is 2.87 bits per heavy atom. The van der Waals surface area contributed by atoms with E-state index in [-0.39, 0.29) is 5.91 Å². The van der Waals surface area contributed by atoms with Gasteiger partial charge in [0.15, 0.2) is 0 Å². The number of carbonyl (C=O) groups is 1. The molecule has 0 spiro atoms. The van der Waals surface area contributed by atoms with Gasteiger partial charge in [0.1, 0.15) is 12.0 Å². The van der Waals surface area contributed by atoms with Gasteiger partial charge in [-0.15, -0.1) is 0 Å². The molecule has 80 valence electrons. The number of pyridine rings is 1. The van der Waals surface area contributed by atoms with Crippen LogP contribution in [0.4, 0.5) is 10.2 Å². The third-order valence-corrected chi connectivity index (χ3v) is 3.09. The van der Waals surface area contributed by atoms with Gasteiger partial charge < -0.3 is 5.32 Å². The van der Waals surface area contributed by atoms with E-state index >= 15 is 0 Å². The number of halogens is 2. The average Bonchev–Trinajstić information content (AvgIpc) is 2.80. The predicted molar refractivity (Wildman–Crippen MR) is 58.2 cm³/mol. The zero-order chi connectivity index (χ0) is 11.1. The van der Waals surface area contributed by atoms with Crippen LogP contribution in [0.15, 0.2) is 22.8 Å². The highest BCUT2D eigenvalue weighted by molar-refractivity contribution is 9.10. The first kappa shape index (κ1) is 10.5. The molecule has 3 nitrogen and oxygen atoms in total. The predicted octanol–water partition coefficient (Wildman–Crippen LogP) is 2.53. The van der Waals surface area contributed by atoms with E-state index in [9.17, 15) is 9.18 Å². The SMILES string of the molecule is CC1(C(=O)Nc2ccc(Br)cn2)CC1F. The number of carbonyl (C=O) groups excluding carboxylic acids is 1. The molecule has 5 heteroatoms. The molecule has 1 amide bonds. The molecule has 0 saturated heterocycles. The molecular weight excluding hydrogens is 263 g/mol. The number of alkyl halides is 1. The Labute approximate surface area is 95.2 Å². The summed E-state index contributed by atoms with van der Waals surface area (Å²) in [4.78, 5) is 15.6. The van der Waals surface area contributed by atoms with Gasteiger partial charge in [-0.1, -0.05) is 0 Å². The maximum absolute atomic E-state index is 12.9. The van der Waals surface area contributed by atoms with Crippen molar-refractivity contribution in [2.75, 3.05) is 5.32 Å². The van der Waals surface area contributed by atoms with E-state index in [1.165, 1.54) is 0 Å². The van der Waals surface area contributed by atoms with Gasteiger partial charge in [-0.2, -0.15) is 0 Å². The first-order valence-electron chi connectivity index (χ1n) is 4.59. The summed E-state index contributed by atoms with van der Waals surface area (Å²) in [6, 6.07) is 3.44. The van der Waals surface area contributed by atoms with E-state index in [0.717, 1.165) is 4.47 Å². The van der Waals surface area contributed by atoms with Crippen LogP contribution in [0.5, 0.6) is 0 Å². The first-order valence-corrected chi connectivity index (χ1v) is 5.39. The summed E-state index contributed by atoms with van der Waals surface area (Å²) in [5, 5.41) is 2.59. The number of amides is 1. The van der Waals surface area contributed by atoms with Gasteiger partial charge in [0.25, 0.3) is 0 Å². The van der Waals surface area contributed by atoms with Gasteiger partial charge in [-0.25, -0.2) is 9.37 Å². The van der Waals surface area contributed by atoms with E-state index in [1.807, 2.05) is 0 Å². The minimum absolute atomic E-state index is 0.301. The lowest BCUT2D eigenvalue weighted by Crippen LogP contribution is -2.24. The molecule has 1 fully saturated rings. The summed E-state index contributed by atoms with van der Waals surface area (Å²) < 4.78 is 13.7. The molecule has 1 saturated carbocycles. The standard InChI is InChI=1S/C10H10BrFN2O/c1-10(4-7(10)12)9(15)14-8-3-2-6(11)5-13-8/h2-3,5,7H,4H2,1H3,(H,13,14,15). The van der Waals surface area contributed by atoms with Gasteiger partial charge in [0.2, 0.25) is 5.91 Å². The van der Waals surface area contributed by atoms with Crippen molar-refractivity contribution < 1.29 is 9.18 Å². The van der Waals surface area contributed by atoms with Gasteiger partial charge in [0.05, 0.1) is 5.41 Å². The van der Waals surface area contributed by atoms with Crippen molar-refractivity contribution in [2.24, 2.45) is 5.41 Å². The van der Waals surface area contributed by atoms with Crippen molar-refractivity contribution in [3.05, 3.63) is 22.8 Å². The summed E-state index contributed by atoms with van der Waals surface area (Å²) >= 11 is 3.24. The van der Waals surface area contributed by atoms with E-state index in [0.29, 0.717) is 12.2 Å². The normalized spacial score (nSPS) is 28.6. The minimum atomic E-state index is -1.02. The average molecular weight is 273 g/mol. The molecule has 1 aliphatic rings. The Bertz CT molecular complexity index is 395. The molecule has 15 heavy (non-hydrogen) atoms. The van der Waals surface area contributed by atoms with Crippen molar-refractivity contribution in [3.63, 3.8) is 0 Å². The summed E-state index contributed by atoms with van der Waals surface area (Å²) in [5.74, 6) is 0.147. The van der Waals surface area contributed by atoms with Crippen LogP contribution in [-0.4, -0.2) is 17.1 Å². The second-order valence-electron chi connectivity index (χ2n) is 3.90. The number of hydrogen-bond donors (Lipinski definition) is 1. The summed E-state index contributed by atoms with van der Waals surface area (Å²) in [6.07, 6.45) is 0.862. The number of nitrogens with one attached hydrogen (secondary N) is 1. The molecule has 0 aromatic carbocycles. The van der Waals surface area contributed by atoms with E-state index in [2.05, 4.69) is 26.2 Å². The maximum Gasteiger partial charge on any atom is 0.234 e. The molecule has 1 aromatic heterocycles. The monoisotopic (exact) mass is 272 g/mol. The lowest BCUT2D eigenvalue weighted by Gasteiger charge is -2.08. The number of nitrogens with zero attached hydrogens (tertiary/aromatic N) is 1. The fourth-order valence-electron chi connectivity index (χ4n) is 1.26. The van der Waals surface area contributed by atoms with Crippen molar-refractivity contribution in [2.45, 2.75) is 19.5 Å². The van der Waals surface area contributed by atoms with E-state index in [1.54, 1.807) is 25.3 Å². The lowest BCUT2D eigenvalue weighted by atomic mass is 10.1. The smallest absolute Gasteiger partial charge is 0.234 e. The van der Waals surface area contributed by atoms with Gasteiger partial charge in [0, 0.05) is 10.7 Å². The highest BCUT2D eigenvalue weighted by Crippen LogP contribution is 2.48. The second kappa shape index (κ2) is 3.56. The summed E-state index contributed by atoms with van der Waals surface area (Å²) in [7, 11) is 0. The van der Waals surface area contributed by atoms with Crippen LogP contribution in [-0.2, 0) is 4.79 Å². The Morgan fingerprint density at radius 2 is 2.40 bits per heavy atom.